The first-order valence-corrected chi connectivity index (χ1v) is 9.55. The normalized spacial score (nSPS) is 12.2. The molecule has 1 aromatic carbocycles. The van der Waals surface area contributed by atoms with E-state index in [1.165, 1.54) is 23.5 Å². The number of alkyl halides is 2. The minimum absolute atomic E-state index is 0.0693. The predicted octanol–water partition coefficient (Wildman–Crippen LogP) is 5.08. The van der Waals surface area contributed by atoms with Crippen molar-refractivity contribution in [2.24, 2.45) is 0 Å². The van der Waals surface area contributed by atoms with E-state index in [-0.39, 0.29) is 11.7 Å². The predicted molar refractivity (Wildman–Crippen MR) is 104 cm³/mol. The second-order valence-corrected chi connectivity index (χ2v) is 7.27. The molecule has 1 unspecified atom stereocenters. The number of rotatable bonds is 6. The zero-order chi connectivity index (χ0) is 20.4. The molecule has 0 fully saturated rings. The zero-order valence-electron chi connectivity index (χ0n) is 15.2. The molecule has 2 heterocycles. The van der Waals surface area contributed by atoms with E-state index in [4.69, 9.17) is 11.6 Å². The van der Waals surface area contributed by atoms with E-state index >= 15 is 0 Å². The van der Waals surface area contributed by atoms with Gasteiger partial charge in [0.15, 0.2) is 5.13 Å². The van der Waals surface area contributed by atoms with Crippen molar-refractivity contribution in [3.8, 4) is 17.0 Å². The molecule has 148 valence electrons. The summed E-state index contributed by atoms with van der Waals surface area (Å²) in [6.45, 7) is 2.43. The summed E-state index contributed by atoms with van der Waals surface area (Å²) in [5.74, 6) is -0.205. The quantitative estimate of drug-likeness (QED) is 0.597. The molecule has 1 atom stereocenters. The third kappa shape index (κ3) is 4.31. The number of anilines is 1. The average Bonchev–Trinajstić information content (AvgIpc) is 3.21. The van der Waals surface area contributed by atoms with Crippen LogP contribution in [0.2, 0.25) is 5.02 Å². The van der Waals surface area contributed by atoms with Crippen molar-refractivity contribution in [2.45, 2.75) is 33.4 Å². The number of nitrogens with zero attached hydrogens (tertiary/aromatic N) is 3. The highest BCUT2D eigenvalue weighted by Crippen LogP contribution is 2.28. The van der Waals surface area contributed by atoms with Crippen molar-refractivity contribution < 1.29 is 18.3 Å². The summed E-state index contributed by atoms with van der Waals surface area (Å²) in [4.78, 5) is 16.9. The Hall–Kier alpha value is -2.52. The lowest BCUT2D eigenvalue weighted by Crippen LogP contribution is -2.25. The van der Waals surface area contributed by atoms with E-state index < -0.39 is 12.7 Å². The molecule has 0 saturated heterocycles. The largest absolute Gasteiger partial charge is 0.435 e. The molecule has 2 aromatic heterocycles. The summed E-state index contributed by atoms with van der Waals surface area (Å²) in [7, 11) is 0. The Morgan fingerprint density at radius 2 is 1.96 bits per heavy atom. The van der Waals surface area contributed by atoms with E-state index in [0.717, 1.165) is 5.56 Å². The van der Waals surface area contributed by atoms with Gasteiger partial charge in [-0.15, -0.1) is 11.3 Å². The number of aryl methyl sites for hydroxylation is 1. The maximum Gasteiger partial charge on any atom is 0.387 e. The first-order valence-electron chi connectivity index (χ1n) is 8.29. The minimum Gasteiger partial charge on any atom is -0.435 e. The molecule has 0 radical (unpaired) electrons. The van der Waals surface area contributed by atoms with Crippen LogP contribution in [0.5, 0.6) is 5.75 Å². The molecule has 0 aliphatic carbocycles. The van der Waals surface area contributed by atoms with Gasteiger partial charge in [0.1, 0.15) is 11.8 Å². The molecule has 0 bridgehead atoms. The monoisotopic (exact) mass is 426 g/mol. The Morgan fingerprint density at radius 3 is 2.54 bits per heavy atom. The van der Waals surface area contributed by atoms with E-state index in [1.54, 1.807) is 43.0 Å². The van der Waals surface area contributed by atoms with Gasteiger partial charge in [0.25, 0.3) is 5.91 Å². The zero-order valence-corrected chi connectivity index (χ0v) is 16.8. The molecule has 0 aliphatic heterocycles. The number of hydrogen-bond donors (Lipinski definition) is 1. The molecule has 0 aliphatic rings. The number of thiazole rings is 1. The summed E-state index contributed by atoms with van der Waals surface area (Å²) in [5, 5.41) is 9.79. The summed E-state index contributed by atoms with van der Waals surface area (Å²) in [6.07, 6.45) is 0. The lowest BCUT2D eigenvalue weighted by molar-refractivity contribution is -0.119. The molecule has 3 rings (SSSR count). The van der Waals surface area contributed by atoms with Crippen LogP contribution in [-0.4, -0.2) is 27.3 Å². The summed E-state index contributed by atoms with van der Waals surface area (Å²) in [5.41, 5.74) is 2.71. The molecule has 0 spiro atoms. The van der Waals surface area contributed by atoms with Gasteiger partial charge in [-0.2, -0.15) is 13.9 Å². The third-order valence-corrected chi connectivity index (χ3v) is 5.40. The molecule has 1 N–H and O–H groups in total. The third-order valence-electron chi connectivity index (χ3n) is 4.09. The van der Waals surface area contributed by atoms with Crippen LogP contribution in [0.3, 0.4) is 0 Å². The fourth-order valence-electron chi connectivity index (χ4n) is 2.61. The van der Waals surface area contributed by atoms with Gasteiger partial charge in [0, 0.05) is 10.9 Å². The number of amides is 1. The van der Waals surface area contributed by atoms with Gasteiger partial charge in [-0.05, 0) is 45.0 Å². The standard InChI is InChI=1S/C18H17ClF2N4O2S/c1-9-15(19)10(2)25(24-9)11(3)16(26)23-18-22-14(8-28-18)12-4-6-13(7-5-12)27-17(20)21/h4-8,11,17H,1-3H3,(H,22,23,26). The molecular formula is C18H17ClF2N4O2S. The summed E-state index contributed by atoms with van der Waals surface area (Å²) >= 11 is 7.40. The van der Waals surface area contributed by atoms with Gasteiger partial charge in [0.2, 0.25) is 0 Å². The number of nitrogens with one attached hydrogen (secondary N) is 1. The Bertz CT molecular complexity index is 988. The molecule has 1 amide bonds. The summed E-state index contributed by atoms with van der Waals surface area (Å²) < 4.78 is 30.3. The number of halogens is 3. The van der Waals surface area contributed by atoms with Crippen LogP contribution in [0.15, 0.2) is 29.6 Å². The first-order chi connectivity index (χ1) is 13.3. The second-order valence-electron chi connectivity index (χ2n) is 6.04. The van der Waals surface area contributed by atoms with Crippen molar-refractivity contribution >= 4 is 34.0 Å². The molecule has 28 heavy (non-hydrogen) atoms. The highest BCUT2D eigenvalue weighted by atomic mass is 35.5. The Morgan fingerprint density at radius 1 is 1.29 bits per heavy atom. The fourth-order valence-corrected chi connectivity index (χ4v) is 3.46. The van der Waals surface area contributed by atoms with Crippen LogP contribution in [-0.2, 0) is 4.79 Å². The first kappa shape index (κ1) is 20.2. The summed E-state index contributed by atoms with van der Waals surface area (Å²) in [6, 6.07) is 5.56. The molecule has 0 saturated carbocycles. The number of ether oxygens (including phenoxy) is 1. The van der Waals surface area contributed by atoms with Gasteiger partial charge in [-0.25, -0.2) is 4.98 Å². The second kappa shape index (κ2) is 8.24. The van der Waals surface area contributed by atoms with Crippen LogP contribution < -0.4 is 10.1 Å². The van der Waals surface area contributed by atoms with Crippen LogP contribution >= 0.6 is 22.9 Å². The van der Waals surface area contributed by atoms with Crippen molar-refractivity contribution in [3.63, 3.8) is 0 Å². The lowest BCUT2D eigenvalue weighted by atomic mass is 10.2. The molecule has 6 nitrogen and oxygen atoms in total. The molecular weight excluding hydrogens is 410 g/mol. The van der Waals surface area contributed by atoms with E-state index in [9.17, 15) is 13.6 Å². The molecule has 3 aromatic rings. The minimum atomic E-state index is -2.87. The average molecular weight is 427 g/mol. The van der Waals surface area contributed by atoms with Crippen LogP contribution in [0.25, 0.3) is 11.3 Å². The fraction of sp³-hybridized carbons (Fsp3) is 0.278. The molecule has 10 heteroatoms. The van der Waals surface area contributed by atoms with Crippen LogP contribution in [0.4, 0.5) is 13.9 Å². The van der Waals surface area contributed by atoms with Crippen LogP contribution in [0, 0.1) is 13.8 Å². The van der Waals surface area contributed by atoms with Crippen molar-refractivity contribution in [2.75, 3.05) is 5.32 Å². The maximum atomic E-state index is 12.5. The maximum absolute atomic E-state index is 12.5. The highest BCUT2D eigenvalue weighted by Gasteiger charge is 2.21. The van der Waals surface area contributed by atoms with Crippen molar-refractivity contribution in [1.82, 2.24) is 14.8 Å². The SMILES string of the molecule is Cc1nn(C(C)C(=O)Nc2nc(-c3ccc(OC(F)F)cc3)cs2)c(C)c1Cl. The van der Waals surface area contributed by atoms with Gasteiger partial charge >= 0.3 is 6.61 Å². The Kier molecular flexibility index (Phi) is 5.95. The van der Waals surface area contributed by atoms with Crippen molar-refractivity contribution in [3.05, 3.63) is 46.1 Å². The van der Waals surface area contributed by atoms with Gasteiger partial charge < -0.3 is 10.1 Å². The highest BCUT2D eigenvalue weighted by molar-refractivity contribution is 7.14. The van der Waals surface area contributed by atoms with E-state index in [1.807, 2.05) is 0 Å². The number of benzene rings is 1. The number of carbonyl (C=O) groups is 1. The number of aromatic nitrogens is 3. The van der Waals surface area contributed by atoms with Crippen molar-refractivity contribution in [1.29, 1.82) is 0 Å². The van der Waals surface area contributed by atoms with Gasteiger partial charge in [-0.3, -0.25) is 9.48 Å². The van der Waals surface area contributed by atoms with Gasteiger partial charge in [0.05, 0.1) is 22.1 Å². The lowest BCUT2D eigenvalue weighted by Gasteiger charge is -2.13. The van der Waals surface area contributed by atoms with E-state index in [2.05, 4.69) is 20.1 Å². The number of carbonyl (C=O) groups excluding carboxylic acids is 1. The topological polar surface area (TPSA) is 69.0 Å². The van der Waals surface area contributed by atoms with Crippen LogP contribution in [0.1, 0.15) is 24.4 Å². The van der Waals surface area contributed by atoms with E-state index in [0.29, 0.717) is 27.2 Å². The number of hydrogen-bond acceptors (Lipinski definition) is 5. The Balaban J connectivity index is 1.70. The van der Waals surface area contributed by atoms with Gasteiger partial charge in [-0.1, -0.05) is 11.6 Å². The smallest absolute Gasteiger partial charge is 0.387 e. The Labute approximate surface area is 169 Å².